The second-order valence-electron chi connectivity index (χ2n) is 6.08. The minimum absolute atomic E-state index is 0.116. The van der Waals surface area contributed by atoms with Gasteiger partial charge < -0.3 is 0 Å². The van der Waals surface area contributed by atoms with E-state index in [1.54, 1.807) is 13.0 Å². The van der Waals surface area contributed by atoms with Gasteiger partial charge in [-0.05, 0) is 25.8 Å². The van der Waals surface area contributed by atoms with Crippen LogP contribution in [-0.4, -0.2) is 5.78 Å². The zero-order valence-electron chi connectivity index (χ0n) is 14.4. The molecule has 0 spiro atoms. The number of allylic oxidation sites excluding steroid dienone is 4. The van der Waals surface area contributed by atoms with Crippen LogP contribution in [0.5, 0.6) is 0 Å². The van der Waals surface area contributed by atoms with Crippen molar-refractivity contribution in [2.75, 3.05) is 0 Å². The Hall–Kier alpha value is -0.850. The number of hydrogen-bond acceptors (Lipinski definition) is 1. The molecule has 0 fully saturated rings. The van der Waals surface area contributed by atoms with E-state index < -0.39 is 0 Å². The molecule has 0 aliphatic heterocycles. The highest BCUT2D eigenvalue weighted by Crippen LogP contribution is 2.12. The summed E-state index contributed by atoms with van der Waals surface area (Å²) in [5.74, 6) is 0.116. The van der Waals surface area contributed by atoms with E-state index in [0.717, 1.165) is 6.42 Å². The molecular weight excluding hydrogens is 256 g/mol. The van der Waals surface area contributed by atoms with Crippen LogP contribution >= 0.6 is 0 Å². The van der Waals surface area contributed by atoms with Crippen LogP contribution < -0.4 is 0 Å². The van der Waals surface area contributed by atoms with Gasteiger partial charge in [0.25, 0.3) is 0 Å². The number of unbranched alkanes of at least 4 members (excludes halogenated alkanes) is 12. The molecule has 1 nitrogen and oxygen atoms in total. The maximum absolute atomic E-state index is 10.7. The molecule has 0 radical (unpaired) electrons. The normalized spacial score (nSPS) is 11.7. The molecule has 0 N–H and O–H groups in total. The Kier molecular flexibility index (Phi) is 16.5. The van der Waals surface area contributed by atoms with Gasteiger partial charge in [-0.15, -0.1) is 0 Å². The van der Waals surface area contributed by atoms with Crippen LogP contribution in [0.4, 0.5) is 0 Å². The molecule has 0 atom stereocenters. The van der Waals surface area contributed by atoms with Crippen molar-refractivity contribution in [1.29, 1.82) is 0 Å². The molecule has 0 saturated carbocycles. The molecule has 21 heavy (non-hydrogen) atoms. The fourth-order valence-electron chi connectivity index (χ4n) is 2.47. The Bertz CT molecular complexity index is 276. The summed E-state index contributed by atoms with van der Waals surface area (Å²) in [5.41, 5.74) is 0. The van der Waals surface area contributed by atoms with Crippen LogP contribution in [0.2, 0.25) is 0 Å². The highest BCUT2D eigenvalue weighted by Gasteiger charge is 1.92. The summed E-state index contributed by atoms with van der Waals surface area (Å²) in [4.78, 5) is 10.7. The van der Waals surface area contributed by atoms with Crippen LogP contribution in [0.3, 0.4) is 0 Å². The summed E-state index contributed by atoms with van der Waals surface area (Å²) in [6.45, 7) is 3.86. The van der Waals surface area contributed by atoms with E-state index >= 15 is 0 Å². The second-order valence-corrected chi connectivity index (χ2v) is 6.08. The first-order valence-corrected chi connectivity index (χ1v) is 9.11. The number of carbonyl (C=O) groups is 1. The van der Waals surface area contributed by atoms with E-state index in [9.17, 15) is 4.79 Å². The smallest absolute Gasteiger partial charge is 0.152 e. The van der Waals surface area contributed by atoms with Gasteiger partial charge in [0.2, 0.25) is 0 Å². The van der Waals surface area contributed by atoms with Gasteiger partial charge in [-0.3, -0.25) is 4.79 Å². The summed E-state index contributed by atoms with van der Waals surface area (Å²) in [6.07, 6.45) is 25.5. The molecule has 0 bridgehead atoms. The third-order valence-corrected chi connectivity index (χ3v) is 3.80. The van der Waals surface area contributed by atoms with Gasteiger partial charge in [0.15, 0.2) is 5.78 Å². The summed E-state index contributed by atoms with van der Waals surface area (Å²) >= 11 is 0. The number of carbonyl (C=O) groups excluding carboxylic acids is 1. The first-order valence-electron chi connectivity index (χ1n) is 9.11. The van der Waals surface area contributed by atoms with Crippen molar-refractivity contribution in [2.45, 2.75) is 97.3 Å². The Morgan fingerprint density at radius 1 is 0.714 bits per heavy atom. The molecule has 0 aromatic carbocycles. The zero-order chi connectivity index (χ0) is 15.6. The number of ketones is 1. The highest BCUT2D eigenvalue weighted by molar-refractivity contribution is 5.87. The van der Waals surface area contributed by atoms with E-state index in [2.05, 4.69) is 13.0 Å². The maximum Gasteiger partial charge on any atom is 0.152 e. The molecule has 0 saturated heterocycles. The lowest BCUT2D eigenvalue weighted by Gasteiger charge is -2.02. The van der Waals surface area contributed by atoms with Crippen molar-refractivity contribution in [2.24, 2.45) is 0 Å². The molecule has 122 valence electrons. The lowest BCUT2D eigenvalue weighted by atomic mass is 10.0. The van der Waals surface area contributed by atoms with Crippen molar-refractivity contribution in [3.8, 4) is 0 Å². The van der Waals surface area contributed by atoms with E-state index in [4.69, 9.17) is 0 Å². The first kappa shape index (κ1) is 20.1. The minimum atomic E-state index is 0.116. The van der Waals surface area contributed by atoms with Crippen LogP contribution in [0.1, 0.15) is 97.3 Å². The van der Waals surface area contributed by atoms with Crippen LogP contribution in [-0.2, 0) is 4.79 Å². The SMILES string of the molecule is CCCCCCCCCCCCCCC=CC=CC(C)=O. The molecule has 0 aliphatic carbocycles. The maximum atomic E-state index is 10.7. The van der Waals surface area contributed by atoms with E-state index in [0.29, 0.717) is 0 Å². The van der Waals surface area contributed by atoms with Crippen molar-refractivity contribution in [1.82, 2.24) is 0 Å². The zero-order valence-corrected chi connectivity index (χ0v) is 14.4. The highest BCUT2D eigenvalue weighted by atomic mass is 16.1. The number of hydrogen-bond donors (Lipinski definition) is 0. The van der Waals surface area contributed by atoms with Gasteiger partial charge >= 0.3 is 0 Å². The second kappa shape index (κ2) is 17.2. The third-order valence-electron chi connectivity index (χ3n) is 3.80. The molecule has 0 heterocycles. The van der Waals surface area contributed by atoms with Crippen molar-refractivity contribution in [3.63, 3.8) is 0 Å². The monoisotopic (exact) mass is 292 g/mol. The van der Waals surface area contributed by atoms with Crippen molar-refractivity contribution in [3.05, 3.63) is 24.3 Å². The van der Waals surface area contributed by atoms with Gasteiger partial charge in [-0.2, -0.15) is 0 Å². The van der Waals surface area contributed by atoms with Gasteiger partial charge in [0.1, 0.15) is 0 Å². The summed E-state index contributed by atoms with van der Waals surface area (Å²) in [5, 5.41) is 0. The molecule has 1 heteroatoms. The molecule has 0 aromatic heterocycles. The average molecular weight is 293 g/mol. The molecule has 0 unspecified atom stereocenters. The summed E-state index contributed by atoms with van der Waals surface area (Å²) in [7, 11) is 0. The molecule has 0 aromatic rings. The van der Waals surface area contributed by atoms with Gasteiger partial charge in [0.05, 0.1) is 0 Å². The third kappa shape index (κ3) is 19.1. The summed E-state index contributed by atoms with van der Waals surface area (Å²) < 4.78 is 0. The largest absolute Gasteiger partial charge is 0.295 e. The minimum Gasteiger partial charge on any atom is -0.295 e. The van der Waals surface area contributed by atoms with E-state index in [1.807, 2.05) is 12.2 Å². The quantitative estimate of drug-likeness (QED) is 0.185. The lowest BCUT2D eigenvalue weighted by molar-refractivity contribution is -0.112. The Morgan fingerprint density at radius 2 is 1.19 bits per heavy atom. The molecule has 0 amide bonds. The van der Waals surface area contributed by atoms with Gasteiger partial charge in [0, 0.05) is 0 Å². The van der Waals surface area contributed by atoms with Crippen LogP contribution in [0.25, 0.3) is 0 Å². The molecular formula is C20H36O. The molecule has 0 aliphatic rings. The fourth-order valence-corrected chi connectivity index (χ4v) is 2.47. The summed E-state index contributed by atoms with van der Waals surface area (Å²) in [6, 6.07) is 0. The average Bonchev–Trinajstić information content (AvgIpc) is 2.46. The molecule has 0 rings (SSSR count). The Labute approximate surface area is 132 Å². The van der Waals surface area contributed by atoms with E-state index in [-0.39, 0.29) is 5.78 Å². The lowest BCUT2D eigenvalue weighted by Crippen LogP contribution is -1.82. The fraction of sp³-hybridized carbons (Fsp3) is 0.750. The van der Waals surface area contributed by atoms with E-state index in [1.165, 1.54) is 77.0 Å². The van der Waals surface area contributed by atoms with Gasteiger partial charge in [-0.1, -0.05) is 95.8 Å². The predicted molar refractivity (Wildman–Crippen MR) is 94.7 cm³/mol. The van der Waals surface area contributed by atoms with Crippen molar-refractivity contribution < 1.29 is 4.79 Å². The van der Waals surface area contributed by atoms with Crippen LogP contribution in [0, 0.1) is 0 Å². The first-order chi connectivity index (χ1) is 10.3. The number of rotatable bonds is 15. The predicted octanol–water partition coefficient (Wildman–Crippen LogP) is 6.78. The van der Waals surface area contributed by atoms with Crippen LogP contribution in [0.15, 0.2) is 24.3 Å². The topological polar surface area (TPSA) is 17.1 Å². The Balaban J connectivity index is 3.10. The Morgan fingerprint density at radius 3 is 1.67 bits per heavy atom. The van der Waals surface area contributed by atoms with Crippen molar-refractivity contribution >= 4 is 5.78 Å². The van der Waals surface area contributed by atoms with Gasteiger partial charge in [-0.25, -0.2) is 0 Å². The standard InChI is InChI=1S/C20H36O/c1-3-4-5-6-7-8-9-10-11-12-13-14-15-16-17-18-19-20(2)21/h16-19H,3-15H2,1-2H3.